The van der Waals surface area contributed by atoms with E-state index in [4.69, 9.17) is 4.74 Å². The fraction of sp³-hybridized carbons (Fsp3) is 0.609. The third kappa shape index (κ3) is 6.35. The Bertz CT molecular complexity index is 770. The maximum Gasteiger partial charge on any atom is 0.410 e. The predicted molar refractivity (Wildman–Crippen MR) is 119 cm³/mol. The zero-order valence-electron chi connectivity index (χ0n) is 18.8. The molecule has 170 valence electrons. The van der Waals surface area contributed by atoms with E-state index in [2.05, 4.69) is 22.3 Å². The summed E-state index contributed by atoms with van der Waals surface area (Å²) in [6, 6.07) is 9.66. The smallest absolute Gasteiger partial charge is 0.410 e. The van der Waals surface area contributed by atoms with Crippen molar-refractivity contribution in [3.05, 3.63) is 30.3 Å². The summed E-state index contributed by atoms with van der Waals surface area (Å²) in [5.74, 6) is -0.173. The average Bonchev–Trinajstić information content (AvgIpc) is 3.23. The molecular weight excluding hydrogens is 396 g/mol. The van der Waals surface area contributed by atoms with Crippen molar-refractivity contribution in [2.45, 2.75) is 51.7 Å². The molecule has 1 aromatic carbocycles. The number of rotatable bonds is 5. The Kier molecular flexibility index (Phi) is 7.41. The molecule has 3 rings (SSSR count). The highest BCUT2D eigenvalue weighted by atomic mass is 16.6. The molecule has 8 nitrogen and oxygen atoms in total. The number of amides is 3. The molecule has 0 unspecified atom stereocenters. The summed E-state index contributed by atoms with van der Waals surface area (Å²) >= 11 is 0. The summed E-state index contributed by atoms with van der Waals surface area (Å²) in [5.41, 5.74) is 0.574. The Labute approximate surface area is 184 Å². The minimum Gasteiger partial charge on any atom is -0.444 e. The van der Waals surface area contributed by atoms with Gasteiger partial charge in [0.15, 0.2) is 0 Å². The topological polar surface area (TPSA) is 82.2 Å². The Morgan fingerprint density at radius 1 is 1.03 bits per heavy atom. The van der Waals surface area contributed by atoms with Crippen LogP contribution in [0.4, 0.5) is 10.5 Å². The van der Waals surface area contributed by atoms with Gasteiger partial charge in [-0.1, -0.05) is 18.2 Å². The lowest BCUT2D eigenvalue weighted by Gasteiger charge is -2.36. The SMILES string of the molecule is CC(C)(C)OC(=O)N1CCC[C@H]1C(=O)NCCC(=O)N1CCN(c2ccccc2)CC1. The van der Waals surface area contributed by atoms with Gasteiger partial charge in [0.2, 0.25) is 11.8 Å². The number of nitrogens with one attached hydrogen (secondary N) is 1. The summed E-state index contributed by atoms with van der Waals surface area (Å²) in [5, 5.41) is 2.83. The van der Waals surface area contributed by atoms with E-state index in [9.17, 15) is 14.4 Å². The van der Waals surface area contributed by atoms with E-state index < -0.39 is 17.7 Å². The fourth-order valence-electron chi connectivity index (χ4n) is 4.00. The van der Waals surface area contributed by atoms with Gasteiger partial charge in [-0.25, -0.2) is 4.79 Å². The highest BCUT2D eigenvalue weighted by molar-refractivity contribution is 5.86. The van der Waals surface area contributed by atoms with Gasteiger partial charge in [0.1, 0.15) is 11.6 Å². The van der Waals surface area contributed by atoms with Crippen molar-refractivity contribution in [1.29, 1.82) is 0 Å². The highest BCUT2D eigenvalue weighted by Gasteiger charge is 2.36. The molecule has 31 heavy (non-hydrogen) atoms. The third-order valence-corrected chi connectivity index (χ3v) is 5.58. The highest BCUT2D eigenvalue weighted by Crippen LogP contribution is 2.21. The molecule has 0 aromatic heterocycles. The normalized spacial score (nSPS) is 19.3. The third-order valence-electron chi connectivity index (χ3n) is 5.58. The van der Waals surface area contributed by atoms with Crippen LogP contribution in [0.1, 0.15) is 40.0 Å². The first-order valence-electron chi connectivity index (χ1n) is 11.1. The number of carbonyl (C=O) groups excluding carboxylic acids is 3. The summed E-state index contributed by atoms with van der Waals surface area (Å²) in [4.78, 5) is 43.1. The first kappa shape index (κ1) is 22.9. The Morgan fingerprint density at radius 3 is 2.35 bits per heavy atom. The van der Waals surface area contributed by atoms with Crippen LogP contribution in [0, 0.1) is 0 Å². The van der Waals surface area contributed by atoms with E-state index in [1.54, 1.807) is 20.8 Å². The van der Waals surface area contributed by atoms with Gasteiger partial charge in [0.25, 0.3) is 0 Å². The molecule has 2 aliphatic rings. The molecule has 2 aliphatic heterocycles. The van der Waals surface area contributed by atoms with Crippen molar-refractivity contribution in [3.8, 4) is 0 Å². The zero-order chi connectivity index (χ0) is 22.4. The number of hydrogen-bond acceptors (Lipinski definition) is 5. The first-order chi connectivity index (χ1) is 14.7. The number of anilines is 1. The second-order valence-electron chi connectivity index (χ2n) is 9.08. The maximum atomic E-state index is 12.6. The molecule has 1 atom stereocenters. The van der Waals surface area contributed by atoms with Crippen molar-refractivity contribution in [2.24, 2.45) is 0 Å². The number of carbonyl (C=O) groups is 3. The van der Waals surface area contributed by atoms with Gasteiger partial charge in [0.05, 0.1) is 0 Å². The number of hydrogen-bond donors (Lipinski definition) is 1. The van der Waals surface area contributed by atoms with Crippen LogP contribution in [-0.4, -0.2) is 78.6 Å². The summed E-state index contributed by atoms with van der Waals surface area (Å²) < 4.78 is 5.41. The number of piperazine rings is 1. The van der Waals surface area contributed by atoms with E-state index in [1.807, 2.05) is 23.1 Å². The van der Waals surface area contributed by atoms with Gasteiger partial charge in [-0.2, -0.15) is 0 Å². The number of likely N-dealkylation sites (tertiary alicyclic amines) is 1. The second kappa shape index (κ2) is 10.0. The van der Waals surface area contributed by atoms with Crippen molar-refractivity contribution >= 4 is 23.6 Å². The van der Waals surface area contributed by atoms with Crippen molar-refractivity contribution in [3.63, 3.8) is 0 Å². The van der Waals surface area contributed by atoms with Crippen LogP contribution in [-0.2, 0) is 14.3 Å². The molecule has 0 bridgehead atoms. The number of nitrogens with zero attached hydrogens (tertiary/aromatic N) is 3. The number of ether oxygens (including phenoxy) is 1. The second-order valence-corrected chi connectivity index (χ2v) is 9.08. The molecule has 0 spiro atoms. The summed E-state index contributed by atoms with van der Waals surface area (Å²) in [6.07, 6.45) is 1.18. The largest absolute Gasteiger partial charge is 0.444 e. The molecule has 8 heteroatoms. The minimum absolute atomic E-state index is 0.0448. The van der Waals surface area contributed by atoms with E-state index >= 15 is 0 Å². The molecule has 2 saturated heterocycles. The molecule has 0 radical (unpaired) electrons. The van der Waals surface area contributed by atoms with Gasteiger partial charge >= 0.3 is 6.09 Å². The molecule has 2 fully saturated rings. The lowest BCUT2D eigenvalue weighted by Crippen LogP contribution is -2.50. The minimum atomic E-state index is -0.600. The Morgan fingerprint density at radius 2 is 1.71 bits per heavy atom. The van der Waals surface area contributed by atoms with Gasteiger partial charge in [0, 0.05) is 51.4 Å². The molecule has 1 N–H and O–H groups in total. The van der Waals surface area contributed by atoms with E-state index in [-0.39, 0.29) is 24.8 Å². The van der Waals surface area contributed by atoms with Gasteiger partial charge in [-0.15, -0.1) is 0 Å². The van der Waals surface area contributed by atoms with Crippen LogP contribution in [0.2, 0.25) is 0 Å². The quantitative estimate of drug-likeness (QED) is 0.775. The fourth-order valence-corrected chi connectivity index (χ4v) is 4.00. The van der Waals surface area contributed by atoms with Crippen LogP contribution in [0.25, 0.3) is 0 Å². The molecule has 1 aromatic rings. The summed E-state index contributed by atoms with van der Waals surface area (Å²) in [6.45, 7) is 9.16. The van der Waals surface area contributed by atoms with Crippen molar-refractivity contribution in [2.75, 3.05) is 44.2 Å². The molecule has 0 saturated carbocycles. The number of benzene rings is 1. The van der Waals surface area contributed by atoms with Crippen molar-refractivity contribution in [1.82, 2.24) is 15.1 Å². The molecule has 0 aliphatic carbocycles. The van der Waals surface area contributed by atoms with Crippen LogP contribution < -0.4 is 10.2 Å². The van der Waals surface area contributed by atoms with Crippen LogP contribution in [0.15, 0.2) is 30.3 Å². The van der Waals surface area contributed by atoms with Gasteiger partial charge < -0.3 is 19.9 Å². The number of para-hydroxylation sites is 1. The lowest BCUT2D eigenvalue weighted by molar-refractivity contribution is -0.131. The molecular formula is C23H34N4O4. The first-order valence-corrected chi connectivity index (χ1v) is 11.1. The van der Waals surface area contributed by atoms with Gasteiger partial charge in [-0.05, 0) is 45.7 Å². The standard InChI is InChI=1S/C23H34N4O4/c1-23(2,3)31-22(30)27-13-7-10-19(27)21(29)24-12-11-20(28)26-16-14-25(15-17-26)18-8-5-4-6-9-18/h4-6,8-9,19H,7,10-17H2,1-3H3,(H,24,29)/t19-/m0/s1. The van der Waals surface area contributed by atoms with E-state index in [1.165, 1.54) is 10.6 Å². The maximum absolute atomic E-state index is 12.6. The lowest BCUT2D eigenvalue weighted by atomic mass is 10.2. The monoisotopic (exact) mass is 430 g/mol. The van der Waals surface area contributed by atoms with Crippen LogP contribution in [0.3, 0.4) is 0 Å². The van der Waals surface area contributed by atoms with Crippen molar-refractivity contribution < 1.29 is 19.1 Å². The summed E-state index contributed by atoms with van der Waals surface area (Å²) in [7, 11) is 0. The predicted octanol–water partition coefficient (Wildman–Crippen LogP) is 2.24. The Hall–Kier alpha value is -2.77. The van der Waals surface area contributed by atoms with E-state index in [0.29, 0.717) is 26.1 Å². The van der Waals surface area contributed by atoms with Crippen LogP contribution >= 0.6 is 0 Å². The van der Waals surface area contributed by atoms with E-state index in [0.717, 1.165) is 19.5 Å². The molecule has 2 heterocycles. The molecule has 3 amide bonds. The van der Waals surface area contributed by atoms with Crippen LogP contribution in [0.5, 0.6) is 0 Å². The zero-order valence-corrected chi connectivity index (χ0v) is 18.8. The van der Waals surface area contributed by atoms with Gasteiger partial charge in [-0.3, -0.25) is 14.5 Å². The average molecular weight is 431 g/mol. The Balaban J connectivity index is 1.40.